The first-order valence-corrected chi connectivity index (χ1v) is 11.2. The van der Waals surface area contributed by atoms with Gasteiger partial charge in [0.2, 0.25) is 15.9 Å². The zero-order valence-electron chi connectivity index (χ0n) is 16.7. The van der Waals surface area contributed by atoms with E-state index >= 15 is 0 Å². The second-order valence-corrected chi connectivity index (χ2v) is 8.98. The summed E-state index contributed by atoms with van der Waals surface area (Å²) in [5.74, 6) is -0.289. The summed E-state index contributed by atoms with van der Waals surface area (Å²) in [5, 5.41) is 2.88. The molecule has 0 saturated carbocycles. The van der Waals surface area contributed by atoms with Gasteiger partial charge in [0.05, 0.1) is 25.2 Å². The van der Waals surface area contributed by atoms with Gasteiger partial charge in [-0.15, -0.1) is 0 Å². The van der Waals surface area contributed by atoms with Gasteiger partial charge in [0.25, 0.3) is 0 Å². The number of carbonyl (C=O) groups excluding carboxylic acids is 1. The van der Waals surface area contributed by atoms with E-state index in [0.717, 1.165) is 56.7 Å². The van der Waals surface area contributed by atoms with Crippen LogP contribution in [-0.2, 0) is 19.6 Å². The standard InChI is InChI=1S/C19H31N3O4S/c1-15-6-7-16(2)18(14-15)22(27(4,24)25)17(3)19(23)20-8-5-9-21-10-12-26-13-11-21/h6-7,14,17H,5,8-13H2,1-4H3,(H,20,23)/t17-/m0/s1. The van der Waals surface area contributed by atoms with Crippen LogP contribution in [0.5, 0.6) is 0 Å². The monoisotopic (exact) mass is 397 g/mol. The summed E-state index contributed by atoms with van der Waals surface area (Å²) in [6.07, 6.45) is 1.96. The molecule has 1 aromatic rings. The van der Waals surface area contributed by atoms with Gasteiger partial charge in [-0.1, -0.05) is 12.1 Å². The maximum Gasteiger partial charge on any atom is 0.243 e. The third-order valence-electron chi connectivity index (χ3n) is 4.74. The number of sulfonamides is 1. The number of carbonyl (C=O) groups is 1. The predicted octanol–water partition coefficient (Wildman–Crippen LogP) is 1.30. The number of ether oxygens (including phenoxy) is 1. The van der Waals surface area contributed by atoms with E-state index in [1.54, 1.807) is 13.0 Å². The summed E-state index contributed by atoms with van der Waals surface area (Å²) in [4.78, 5) is 14.9. The van der Waals surface area contributed by atoms with Crippen molar-refractivity contribution in [1.82, 2.24) is 10.2 Å². The van der Waals surface area contributed by atoms with Gasteiger partial charge in [0.15, 0.2) is 0 Å². The number of hydrogen-bond acceptors (Lipinski definition) is 5. The predicted molar refractivity (Wildman–Crippen MR) is 108 cm³/mol. The Balaban J connectivity index is 1.99. The van der Waals surface area contributed by atoms with Crippen LogP contribution in [0, 0.1) is 13.8 Å². The van der Waals surface area contributed by atoms with E-state index in [4.69, 9.17) is 4.74 Å². The Bertz CT molecular complexity index is 745. The van der Waals surface area contributed by atoms with Gasteiger partial charge in [-0.05, 0) is 50.9 Å². The molecular weight excluding hydrogens is 366 g/mol. The molecule has 1 aliphatic rings. The van der Waals surface area contributed by atoms with Crippen molar-refractivity contribution in [3.8, 4) is 0 Å². The van der Waals surface area contributed by atoms with Crippen LogP contribution in [0.25, 0.3) is 0 Å². The number of hydrogen-bond donors (Lipinski definition) is 1. The van der Waals surface area contributed by atoms with Crippen LogP contribution in [0.2, 0.25) is 0 Å². The van der Waals surface area contributed by atoms with Crippen molar-refractivity contribution in [2.75, 3.05) is 50.0 Å². The molecule has 0 unspecified atom stereocenters. The lowest BCUT2D eigenvalue weighted by molar-refractivity contribution is -0.121. The first kappa shape index (κ1) is 21.7. The molecule has 1 heterocycles. The molecule has 7 nitrogen and oxygen atoms in total. The van der Waals surface area contributed by atoms with Crippen molar-refractivity contribution in [3.05, 3.63) is 29.3 Å². The lowest BCUT2D eigenvalue weighted by atomic mass is 10.1. The molecule has 1 saturated heterocycles. The first-order valence-electron chi connectivity index (χ1n) is 9.34. The van der Waals surface area contributed by atoms with Gasteiger partial charge in [0, 0.05) is 19.6 Å². The molecule has 2 rings (SSSR count). The molecule has 27 heavy (non-hydrogen) atoms. The van der Waals surface area contributed by atoms with Crippen molar-refractivity contribution in [2.45, 2.75) is 33.2 Å². The van der Waals surface area contributed by atoms with Crippen LogP contribution in [0.1, 0.15) is 24.5 Å². The fraction of sp³-hybridized carbons (Fsp3) is 0.632. The summed E-state index contributed by atoms with van der Waals surface area (Å²) in [6.45, 7) is 10.1. The second-order valence-electron chi connectivity index (χ2n) is 7.12. The number of amides is 1. The van der Waals surface area contributed by atoms with Crippen LogP contribution in [0.4, 0.5) is 5.69 Å². The van der Waals surface area contributed by atoms with Crippen molar-refractivity contribution < 1.29 is 17.9 Å². The van der Waals surface area contributed by atoms with Gasteiger partial charge in [0.1, 0.15) is 6.04 Å². The molecule has 1 amide bonds. The lowest BCUT2D eigenvalue weighted by Gasteiger charge is -2.30. The van der Waals surface area contributed by atoms with E-state index in [1.807, 2.05) is 26.0 Å². The maximum absolute atomic E-state index is 12.6. The molecule has 8 heteroatoms. The van der Waals surface area contributed by atoms with Gasteiger partial charge >= 0.3 is 0 Å². The molecule has 1 atom stereocenters. The first-order chi connectivity index (χ1) is 12.7. The topological polar surface area (TPSA) is 79.0 Å². The van der Waals surface area contributed by atoms with E-state index in [2.05, 4.69) is 10.2 Å². The smallest absolute Gasteiger partial charge is 0.243 e. The highest BCUT2D eigenvalue weighted by Gasteiger charge is 2.30. The molecule has 1 aliphatic heterocycles. The van der Waals surface area contributed by atoms with Crippen molar-refractivity contribution in [2.24, 2.45) is 0 Å². The Kier molecular flexibility index (Phi) is 7.64. The minimum atomic E-state index is -3.60. The van der Waals surface area contributed by atoms with Gasteiger partial charge < -0.3 is 10.1 Å². The third kappa shape index (κ3) is 6.19. The SMILES string of the molecule is Cc1ccc(C)c(N([C@@H](C)C(=O)NCCCN2CCOCC2)S(C)(=O)=O)c1. The summed E-state index contributed by atoms with van der Waals surface area (Å²) in [7, 11) is -3.60. The lowest BCUT2D eigenvalue weighted by Crippen LogP contribution is -2.48. The Morgan fingerprint density at radius 1 is 1.30 bits per heavy atom. The average molecular weight is 398 g/mol. The summed E-state index contributed by atoms with van der Waals surface area (Å²) in [5.41, 5.74) is 2.31. The molecule has 0 aliphatic carbocycles. The zero-order chi connectivity index (χ0) is 20.0. The van der Waals surface area contributed by atoms with Gasteiger partial charge in [-0.2, -0.15) is 0 Å². The van der Waals surface area contributed by atoms with E-state index in [0.29, 0.717) is 12.2 Å². The minimum absolute atomic E-state index is 0.289. The molecular formula is C19H31N3O4S. The molecule has 1 aromatic carbocycles. The summed E-state index contributed by atoms with van der Waals surface area (Å²) < 4.78 is 31.3. The van der Waals surface area contributed by atoms with E-state index in [9.17, 15) is 13.2 Å². The van der Waals surface area contributed by atoms with Crippen LogP contribution in [0.15, 0.2) is 18.2 Å². The molecule has 0 bridgehead atoms. The van der Waals surface area contributed by atoms with E-state index < -0.39 is 16.1 Å². The van der Waals surface area contributed by atoms with Crippen LogP contribution in [0.3, 0.4) is 0 Å². The van der Waals surface area contributed by atoms with Gasteiger partial charge in [-0.3, -0.25) is 14.0 Å². The molecule has 1 fully saturated rings. The number of aryl methyl sites for hydroxylation is 2. The van der Waals surface area contributed by atoms with E-state index in [1.165, 1.54) is 4.31 Å². The Hall–Kier alpha value is -1.64. The second kappa shape index (κ2) is 9.52. The molecule has 1 N–H and O–H groups in total. The molecule has 0 radical (unpaired) electrons. The van der Waals surface area contributed by atoms with Crippen molar-refractivity contribution in [1.29, 1.82) is 0 Å². The Morgan fingerprint density at radius 2 is 1.96 bits per heavy atom. The zero-order valence-corrected chi connectivity index (χ0v) is 17.5. The maximum atomic E-state index is 12.6. The van der Waals surface area contributed by atoms with Crippen LogP contribution in [-0.4, -0.2) is 70.9 Å². The van der Waals surface area contributed by atoms with Crippen LogP contribution < -0.4 is 9.62 Å². The number of nitrogens with zero attached hydrogens (tertiary/aromatic N) is 2. The number of benzene rings is 1. The van der Waals surface area contributed by atoms with Crippen molar-refractivity contribution in [3.63, 3.8) is 0 Å². The summed E-state index contributed by atoms with van der Waals surface area (Å²) >= 11 is 0. The number of anilines is 1. The fourth-order valence-electron chi connectivity index (χ4n) is 3.22. The number of morpholine rings is 1. The van der Waals surface area contributed by atoms with Crippen LogP contribution >= 0.6 is 0 Å². The van der Waals surface area contributed by atoms with E-state index in [-0.39, 0.29) is 5.91 Å². The molecule has 0 aromatic heterocycles. The highest BCUT2D eigenvalue weighted by atomic mass is 32.2. The average Bonchev–Trinajstić information content (AvgIpc) is 2.61. The van der Waals surface area contributed by atoms with Crippen molar-refractivity contribution >= 4 is 21.6 Å². The molecule has 0 spiro atoms. The largest absolute Gasteiger partial charge is 0.379 e. The highest BCUT2D eigenvalue weighted by Crippen LogP contribution is 2.26. The summed E-state index contributed by atoms with van der Waals surface area (Å²) in [6, 6.07) is 4.79. The minimum Gasteiger partial charge on any atom is -0.379 e. The highest BCUT2D eigenvalue weighted by molar-refractivity contribution is 7.92. The number of rotatable bonds is 8. The Morgan fingerprint density at radius 3 is 2.59 bits per heavy atom. The quantitative estimate of drug-likeness (QED) is 0.669. The van der Waals surface area contributed by atoms with Gasteiger partial charge in [-0.25, -0.2) is 8.42 Å². The normalized spacial score (nSPS) is 16.7. The number of nitrogens with one attached hydrogen (secondary N) is 1. The molecule has 152 valence electrons. The third-order valence-corrected chi connectivity index (χ3v) is 5.97. The Labute approximate surface area is 162 Å². The fourth-order valence-corrected chi connectivity index (χ4v) is 4.45.